The minimum atomic E-state index is -0.293. The fourth-order valence-electron chi connectivity index (χ4n) is 3.94. The predicted octanol–water partition coefficient (Wildman–Crippen LogP) is 2.87. The average molecular weight is 404 g/mol. The van der Waals surface area contributed by atoms with Gasteiger partial charge in [-0.2, -0.15) is 11.8 Å². The van der Waals surface area contributed by atoms with Crippen LogP contribution in [-0.4, -0.2) is 48.6 Å². The molecule has 0 fully saturated rings. The molecule has 0 bridgehead atoms. The van der Waals surface area contributed by atoms with Crippen molar-refractivity contribution in [3.8, 4) is 17.2 Å². The minimum absolute atomic E-state index is 0.00824. The van der Waals surface area contributed by atoms with Crippen LogP contribution in [0.2, 0.25) is 0 Å². The lowest BCUT2D eigenvalue weighted by molar-refractivity contribution is -0.119. The van der Waals surface area contributed by atoms with Crippen LogP contribution < -0.4 is 14.8 Å². The number of hydrogen-bond acceptors (Lipinski definition) is 6. The third-order valence-electron chi connectivity index (χ3n) is 5.18. The first-order valence-corrected chi connectivity index (χ1v) is 10.4. The Morgan fingerprint density at radius 2 is 2.00 bits per heavy atom. The number of benzene rings is 1. The normalized spacial score (nSPS) is 21.4. The van der Waals surface area contributed by atoms with Gasteiger partial charge in [-0.3, -0.25) is 9.59 Å². The largest absolute Gasteiger partial charge is 0.504 e. The molecule has 3 rings (SSSR count). The zero-order chi connectivity index (χ0) is 20.4. The molecule has 7 heteroatoms. The molecular formula is C21H25NO5S. The minimum Gasteiger partial charge on any atom is -0.504 e. The molecule has 1 aromatic rings. The highest BCUT2D eigenvalue weighted by Crippen LogP contribution is 2.49. The molecule has 0 saturated heterocycles. The molecule has 2 N–H and O–H groups in total. The average Bonchev–Trinajstić information content (AvgIpc) is 2.89. The SMILES string of the molecule is COc1c(O)cc2c(c1OC)C1=CCC(SC)C(=O)C=C1C(NC(C)=O)CC2. The summed E-state index contributed by atoms with van der Waals surface area (Å²) in [5, 5.41) is 13.2. The van der Waals surface area contributed by atoms with Gasteiger partial charge in [0.2, 0.25) is 11.7 Å². The van der Waals surface area contributed by atoms with E-state index in [9.17, 15) is 14.7 Å². The van der Waals surface area contributed by atoms with E-state index in [2.05, 4.69) is 5.32 Å². The lowest BCUT2D eigenvalue weighted by Crippen LogP contribution is -2.35. The Morgan fingerprint density at radius 1 is 1.29 bits per heavy atom. The second-order valence-corrected chi connectivity index (χ2v) is 7.91. The number of thioether (sulfide) groups is 1. The van der Waals surface area contributed by atoms with E-state index in [1.54, 1.807) is 12.1 Å². The summed E-state index contributed by atoms with van der Waals surface area (Å²) in [6.45, 7) is 1.47. The number of hydrogen-bond donors (Lipinski definition) is 2. The van der Waals surface area contributed by atoms with Gasteiger partial charge in [-0.25, -0.2) is 0 Å². The van der Waals surface area contributed by atoms with Gasteiger partial charge in [0, 0.05) is 12.5 Å². The van der Waals surface area contributed by atoms with Crippen LogP contribution in [0.25, 0.3) is 5.57 Å². The number of ketones is 1. The number of carbonyl (C=O) groups is 2. The molecule has 2 aliphatic carbocycles. The number of aryl methyl sites for hydroxylation is 1. The van der Waals surface area contributed by atoms with Gasteiger partial charge in [-0.1, -0.05) is 6.08 Å². The van der Waals surface area contributed by atoms with Crippen molar-refractivity contribution in [2.24, 2.45) is 0 Å². The molecular weight excluding hydrogens is 378 g/mol. The number of phenolic OH excluding ortho intramolecular Hbond substituents is 1. The van der Waals surface area contributed by atoms with Gasteiger partial charge < -0.3 is 19.9 Å². The Kier molecular flexibility index (Phi) is 6.03. The highest BCUT2D eigenvalue weighted by atomic mass is 32.2. The summed E-state index contributed by atoms with van der Waals surface area (Å²) in [5.41, 5.74) is 3.34. The number of amides is 1. The molecule has 1 aromatic carbocycles. The number of ether oxygens (including phenoxy) is 2. The van der Waals surface area contributed by atoms with E-state index >= 15 is 0 Å². The number of methoxy groups -OCH3 is 2. The molecule has 0 saturated carbocycles. The highest BCUT2D eigenvalue weighted by Gasteiger charge is 2.33. The van der Waals surface area contributed by atoms with E-state index in [4.69, 9.17) is 9.47 Å². The Bertz CT molecular complexity index is 874. The van der Waals surface area contributed by atoms with Crippen LogP contribution in [0.15, 0.2) is 23.8 Å². The molecule has 2 atom stereocenters. The van der Waals surface area contributed by atoms with Gasteiger partial charge >= 0.3 is 0 Å². The molecule has 0 heterocycles. The van der Waals surface area contributed by atoms with Crippen LogP contribution >= 0.6 is 11.8 Å². The smallest absolute Gasteiger partial charge is 0.217 e. The first-order valence-electron chi connectivity index (χ1n) is 9.14. The summed E-state index contributed by atoms with van der Waals surface area (Å²) < 4.78 is 11.0. The highest BCUT2D eigenvalue weighted by molar-refractivity contribution is 7.99. The zero-order valence-electron chi connectivity index (χ0n) is 16.5. The van der Waals surface area contributed by atoms with Crippen molar-refractivity contribution in [2.75, 3.05) is 20.5 Å². The molecule has 2 aliphatic rings. The fourth-order valence-corrected chi connectivity index (χ4v) is 4.53. The molecule has 2 unspecified atom stereocenters. The summed E-state index contributed by atoms with van der Waals surface area (Å²) in [5.74, 6) is 0.595. The van der Waals surface area contributed by atoms with E-state index in [0.29, 0.717) is 25.0 Å². The van der Waals surface area contributed by atoms with Crippen molar-refractivity contribution in [1.82, 2.24) is 5.32 Å². The summed E-state index contributed by atoms with van der Waals surface area (Å²) in [4.78, 5) is 24.6. The number of rotatable bonds is 4. The quantitative estimate of drug-likeness (QED) is 0.804. The van der Waals surface area contributed by atoms with Crippen LogP contribution in [-0.2, 0) is 16.0 Å². The maximum Gasteiger partial charge on any atom is 0.217 e. The third kappa shape index (κ3) is 3.63. The molecule has 1 amide bonds. The Morgan fingerprint density at radius 3 is 2.61 bits per heavy atom. The van der Waals surface area contributed by atoms with Crippen LogP contribution in [0.4, 0.5) is 0 Å². The standard InChI is InChI=1S/C21H25NO5S/c1-11(23)22-15-7-5-12-9-17(25)20(26-2)21(27-3)19(12)13-6-8-18(28-4)16(24)10-14(13)15/h6,9-10,15,18,25H,5,7-8H2,1-4H3,(H,22,23). The zero-order valence-corrected chi connectivity index (χ0v) is 17.3. The van der Waals surface area contributed by atoms with Gasteiger partial charge in [-0.15, -0.1) is 0 Å². The second-order valence-electron chi connectivity index (χ2n) is 6.87. The Balaban J connectivity index is 2.27. The number of carbonyl (C=O) groups excluding carboxylic acids is 2. The number of fused-ring (bicyclic) bond motifs is 3. The van der Waals surface area contributed by atoms with Crippen molar-refractivity contribution in [1.29, 1.82) is 0 Å². The van der Waals surface area contributed by atoms with Crippen LogP contribution in [0.3, 0.4) is 0 Å². The predicted molar refractivity (Wildman–Crippen MR) is 110 cm³/mol. The van der Waals surface area contributed by atoms with Gasteiger partial charge in [0.1, 0.15) is 0 Å². The number of nitrogens with one attached hydrogen (secondary N) is 1. The lowest BCUT2D eigenvalue weighted by Gasteiger charge is -2.22. The van der Waals surface area contributed by atoms with E-state index in [-0.39, 0.29) is 34.5 Å². The first-order chi connectivity index (χ1) is 13.4. The van der Waals surface area contributed by atoms with Crippen molar-refractivity contribution in [3.05, 3.63) is 34.9 Å². The van der Waals surface area contributed by atoms with Gasteiger partial charge in [-0.05, 0) is 54.4 Å². The maximum atomic E-state index is 12.7. The van der Waals surface area contributed by atoms with Crippen molar-refractivity contribution in [3.63, 3.8) is 0 Å². The summed E-state index contributed by atoms with van der Waals surface area (Å²) >= 11 is 1.51. The summed E-state index contributed by atoms with van der Waals surface area (Å²) in [7, 11) is 3.01. The number of allylic oxidation sites excluding steroid dienone is 2. The van der Waals surface area contributed by atoms with Crippen molar-refractivity contribution in [2.45, 2.75) is 37.5 Å². The van der Waals surface area contributed by atoms with Crippen molar-refractivity contribution < 1.29 is 24.2 Å². The molecule has 28 heavy (non-hydrogen) atoms. The van der Waals surface area contributed by atoms with E-state index in [1.165, 1.54) is 32.9 Å². The topological polar surface area (TPSA) is 84.9 Å². The Hall–Kier alpha value is -2.41. The monoisotopic (exact) mass is 403 g/mol. The Labute approximate surface area is 169 Å². The van der Waals surface area contributed by atoms with Crippen molar-refractivity contribution >= 4 is 29.0 Å². The van der Waals surface area contributed by atoms with Gasteiger partial charge in [0.15, 0.2) is 17.3 Å². The molecule has 6 nitrogen and oxygen atoms in total. The molecule has 150 valence electrons. The molecule has 0 spiro atoms. The van der Waals surface area contributed by atoms with E-state index in [1.807, 2.05) is 12.3 Å². The fraction of sp³-hybridized carbons (Fsp3) is 0.429. The lowest BCUT2D eigenvalue weighted by atomic mass is 9.91. The molecule has 0 aliphatic heterocycles. The van der Waals surface area contributed by atoms with Gasteiger partial charge in [0.25, 0.3) is 0 Å². The summed E-state index contributed by atoms with van der Waals surface area (Å²) in [6, 6.07) is 1.39. The van der Waals surface area contributed by atoms with Gasteiger partial charge in [0.05, 0.1) is 25.5 Å². The summed E-state index contributed by atoms with van der Waals surface area (Å²) in [6.07, 6.45) is 7.42. The second kappa shape index (κ2) is 8.31. The molecule has 0 radical (unpaired) electrons. The van der Waals surface area contributed by atoms with E-state index < -0.39 is 0 Å². The maximum absolute atomic E-state index is 12.7. The number of phenols is 1. The third-order valence-corrected chi connectivity index (χ3v) is 6.17. The first kappa shape index (κ1) is 20.3. The number of aromatic hydroxyl groups is 1. The van der Waals surface area contributed by atoms with Crippen LogP contribution in [0.5, 0.6) is 17.2 Å². The van der Waals surface area contributed by atoms with E-state index in [0.717, 1.165) is 22.3 Å². The molecule has 0 aromatic heterocycles. The van der Waals surface area contributed by atoms with Crippen LogP contribution in [0.1, 0.15) is 30.9 Å². The van der Waals surface area contributed by atoms with Crippen LogP contribution in [0, 0.1) is 0 Å².